The molecule has 0 saturated heterocycles. The maximum atomic E-state index is 12.3. The molecule has 3 N–H and O–H groups in total. The summed E-state index contributed by atoms with van der Waals surface area (Å²) in [6, 6.07) is 6.93. The highest BCUT2D eigenvalue weighted by Gasteiger charge is 2.12. The van der Waals surface area contributed by atoms with Crippen LogP contribution < -0.4 is 11.2 Å². The van der Waals surface area contributed by atoms with Gasteiger partial charge in [0.1, 0.15) is 5.56 Å². The Labute approximate surface area is 157 Å². The van der Waals surface area contributed by atoms with Gasteiger partial charge in [-0.25, -0.2) is 13.2 Å². The van der Waals surface area contributed by atoms with E-state index in [1.54, 1.807) is 13.0 Å². The van der Waals surface area contributed by atoms with Crippen molar-refractivity contribution >= 4 is 27.9 Å². The number of aliphatic imine (C=N–C) groups is 1. The van der Waals surface area contributed by atoms with Gasteiger partial charge in [-0.3, -0.25) is 24.5 Å². The van der Waals surface area contributed by atoms with Crippen LogP contribution in [0.25, 0.3) is 4.72 Å². The molecule has 2 aromatic heterocycles. The summed E-state index contributed by atoms with van der Waals surface area (Å²) >= 11 is 0. The Balaban J connectivity index is 1.82. The van der Waals surface area contributed by atoms with E-state index in [1.807, 2.05) is 9.97 Å². The Hall–Kier alpha value is -3.80. The number of aromatic nitrogens is 4. The molecule has 12 heteroatoms. The number of sulfonamides is 1. The number of benzene rings is 1. The van der Waals surface area contributed by atoms with Gasteiger partial charge in [0, 0.05) is 12.2 Å². The molecule has 0 aliphatic rings. The first-order chi connectivity index (χ1) is 13.2. The van der Waals surface area contributed by atoms with E-state index < -0.39 is 27.2 Å². The van der Waals surface area contributed by atoms with Gasteiger partial charge in [-0.05, 0) is 43.1 Å². The fraction of sp³-hybridized carbons (Fsp3) is 0.0625. The lowest BCUT2D eigenvalue weighted by Crippen LogP contribution is -2.24. The molecule has 0 atom stereocenters. The van der Waals surface area contributed by atoms with Gasteiger partial charge in [-0.1, -0.05) is 6.07 Å². The lowest BCUT2D eigenvalue weighted by Gasteiger charge is -2.13. The highest BCUT2D eigenvalue weighted by atomic mass is 32.2. The molecule has 144 valence electrons. The number of H-pyrrole nitrogens is 2. The third-order valence-corrected chi connectivity index (χ3v) is 4.69. The number of hydrogen-bond donors (Lipinski definition) is 3. The van der Waals surface area contributed by atoms with Crippen molar-refractivity contribution in [1.29, 1.82) is 0 Å². The van der Waals surface area contributed by atoms with Gasteiger partial charge >= 0.3 is 5.69 Å². The van der Waals surface area contributed by atoms with Crippen molar-refractivity contribution in [1.82, 2.24) is 19.9 Å². The fourth-order valence-corrected chi connectivity index (χ4v) is 2.98. The number of nitrogens with one attached hydrogen (secondary N) is 2. The van der Waals surface area contributed by atoms with Crippen LogP contribution in [-0.4, -0.2) is 39.7 Å². The number of nitrogens with zero attached hydrogens (tertiary/aromatic N) is 4. The number of aromatic hydroxyl groups is 1. The Bertz CT molecular complexity index is 1260. The van der Waals surface area contributed by atoms with Crippen LogP contribution in [0.5, 0.6) is 5.88 Å². The van der Waals surface area contributed by atoms with Crippen molar-refractivity contribution in [2.45, 2.75) is 11.8 Å². The van der Waals surface area contributed by atoms with Gasteiger partial charge in [0.2, 0.25) is 15.9 Å². The van der Waals surface area contributed by atoms with Crippen LogP contribution in [0.3, 0.4) is 0 Å². The fourth-order valence-electron chi connectivity index (χ4n) is 2.09. The standard InChI is InChI=1S/C16H14N6O5S/c1-9-6-7-17-15(19-9)22-28(26,27)11-4-2-10(3-5-11)18-8-12-13(23)20-16(25)21-14(12)24/h2-8H,1H3,(H4,17,18,19,20,21,22,23,24,25)/p-1. The molecular formula is C16H13N6O5S-. The number of aromatic amines is 2. The topological polar surface area (TPSA) is 172 Å². The summed E-state index contributed by atoms with van der Waals surface area (Å²) < 4.78 is 28.2. The average Bonchev–Trinajstić information content (AvgIpc) is 2.61. The lowest BCUT2D eigenvalue weighted by molar-refractivity contribution is 0.447. The van der Waals surface area contributed by atoms with Gasteiger partial charge in [-0.2, -0.15) is 0 Å². The summed E-state index contributed by atoms with van der Waals surface area (Å²) in [5.74, 6) is -0.802. The maximum absolute atomic E-state index is 12.3. The predicted molar refractivity (Wildman–Crippen MR) is 100 cm³/mol. The molecule has 3 rings (SSSR count). The third kappa shape index (κ3) is 4.29. The van der Waals surface area contributed by atoms with Crippen LogP contribution >= 0.6 is 0 Å². The van der Waals surface area contributed by atoms with Crippen LogP contribution in [0.4, 0.5) is 11.6 Å². The molecule has 28 heavy (non-hydrogen) atoms. The highest BCUT2D eigenvalue weighted by molar-refractivity contribution is 7.94. The van der Waals surface area contributed by atoms with E-state index in [-0.39, 0.29) is 16.4 Å². The first-order valence-corrected chi connectivity index (χ1v) is 9.16. The molecule has 0 aliphatic heterocycles. The minimum atomic E-state index is -4.02. The van der Waals surface area contributed by atoms with Gasteiger partial charge < -0.3 is 15.1 Å². The molecule has 1 aromatic carbocycles. The number of rotatable bonds is 5. The second-order valence-electron chi connectivity index (χ2n) is 5.49. The van der Waals surface area contributed by atoms with Crippen molar-refractivity contribution in [3.8, 4) is 5.88 Å². The van der Waals surface area contributed by atoms with E-state index in [0.717, 1.165) is 6.21 Å². The predicted octanol–water partition coefficient (Wildman–Crippen LogP) is 1.01. The van der Waals surface area contributed by atoms with Crippen LogP contribution in [0, 0.1) is 6.92 Å². The molecule has 0 radical (unpaired) electrons. The molecule has 0 saturated carbocycles. The number of hydrogen-bond acceptors (Lipinski definition) is 8. The lowest BCUT2D eigenvalue weighted by atomic mass is 10.3. The Morgan fingerprint density at radius 2 is 1.86 bits per heavy atom. The van der Waals surface area contributed by atoms with E-state index >= 15 is 0 Å². The van der Waals surface area contributed by atoms with Gasteiger partial charge in [0.05, 0.1) is 10.6 Å². The maximum Gasteiger partial charge on any atom is 0.328 e. The van der Waals surface area contributed by atoms with E-state index in [0.29, 0.717) is 11.4 Å². The van der Waals surface area contributed by atoms with E-state index in [1.165, 1.54) is 30.5 Å². The summed E-state index contributed by atoms with van der Waals surface area (Å²) in [6.07, 6.45) is 2.45. The molecule has 0 aliphatic carbocycles. The normalized spacial score (nSPS) is 11.6. The minimum absolute atomic E-state index is 0.0960. The molecule has 3 aromatic rings. The van der Waals surface area contributed by atoms with Gasteiger partial charge in [0.15, 0.2) is 0 Å². The van der Waals surface area contributed by atoms with Crippen molar-refractivity contribution in [3.63, 3.8) is 0 Å². The van der Waals surface area contributed by atoms with Gasteiger partial charge in [-0.15, -0.1) is 0 Å². The smallest absolute Gasteiger partial charge is 0.328 e. The molecule has 0 spiro atoms. The first-order valence-electron chi connectivity index (χ1n) is 7.72. The van der Waals surface area contributed by atoms with Crippen LogP contribution in [0.1, 0.15) is 11.3 Å². The molecule has 0 fully saturated rings. The highest BCUT2D eigenvalue weighted by Crippen LogP contribution is 2.25. The monoisotopic (exact) mass is 401 g/mol. The zero-order valence-electron chi connectivity index (χ0n) is 14.3. The summed E-state index contributed by atoms with van der Waals surface area (Å²) in [5.41, 5.74) is -1.04. The summed E-state index contributed by atoms with van der Waals surface area (Å²) in [4.78, 5) is 38.2. The Kier molecular flexibility index (Phi) is 5.04. The van der Waals surface area contributed by atoms with E-state index in [4.69, 9.17) is 0 Å². The average molecular weight is 401 g/mol. The zero-order chi connectivity index (χ0) is 20.3. The second kappa shape index (κ2) is 7.44. The third-order valence-electron chi connectivity index (χ3n) is 3.42. The Morgan fingerprint density at radius 3 is 2.50 bits per heavy atom. The van der Waals surface area contributed by atoms with Crippen LogP contribution in [-0.2, 0) is 10.0 Å². The molecule has 0 bridgehead atoms. The van der Waals surface area contributed by atoms with Gasteiger partial charge in [0.25, 0.3) is 5.56 Å². The molecule has 11 nitrogen and oxygen atoms in total. The number of aryl methyl sites for hydroxylation is 1. The van der Waals surface area contributed by atoms with Crippen LogP contribution in [0.2, 0.25) is 0 Å². The van der Waals surface area contributed by atoms with Crippen LogP contribution in [0.15, 0.2) is 56.0 Å². The van der Waals surface area contributed by atoms with E-state index in [9.17, 15) is 23.1 Å². The van der Waals surface area contributed by atoms with E-state index in [2.05, 4.69) is 19.7 Å². The summed E-state index contributed by atoms with van der Waals surface area (Å²) in [5, 5.41) is 9.59. The molecule has 2 heterocycles. The minimum Gasteiger partial charge on any atom is -0.494 e. The molecule has 0 amide bonds. The SMILES string of the molecule is Cc1ccnc([N-]S(=O)(=O)c2ccc(N=Cc3c(O)[nH]c(=O)[nH]c3=O)cc2)n1. The largest absolute Gasteiger partial charge is 0.494 e. The second-order valence-corrected chi connectivity index (χ2v) is 7.09. The van der Waals surface area contributed by atoms with Crippen molar-refractivity contribution < 1.29 is 13.5 Å². The van der Waals surface area contributed by atoms with Crippen molar-refractivity contribution in [2.75, 3.05) is 0 Å². The zero-order valence-corrected chi connectivity index (χ0v) is 15.1. The molecular weight excluding hydrogens is 388 g/mol. The Morgan fingerprint density at radius 1 is 1.14 bits per heavy atom. The molecule has 0 unspecified atom stereocenters. The summed E-state index contributed by atoms with van der Waals surface area (Å²) in [7, 11) is -4.02. The first kappa shape index (κ1) is 19.0. The quantitative estimate of drug-likeness (QED) is 0.535. The summed E-state index contributed by atoms with van der Waals surface area (Å²) in [6.45, 7) is 1.69. The van der Waals surface area contributed by atoms with Crippen molar-refractivity contribution in [2.24, 2.45) is 4.99 Å². The van der Waals surface area contributed by atoms with Crippen molar-refractivity contribution in [3.05, 3.63) is 73.3 Å².